The molecule has 1 N–H and O–H groups in total. The number of ether oxygens (including phenoxy) is 2. The number of carbonyl (C=O) groups is 1. The molecule has 2 saturated heterocycles. The highest BCUT2D eigenvalue weighted by molar-refractivity contribution is 5.76. The minimum Gasteiger partial charge on any atom is -0.489 e. The zero-order chi connectivity index (χ0) is 25.7. The molecular formula is C31H41FN2O3. The quantitative estimate of drug-likeness (QED) is 0.287. The maximum absolute atomic E-state index is 13.8. The van der Waals surface area contributed by atoms with Crippen molar-refractivity contribution in [1.82, 2.24) is 10.2 Å². The molecule has 2 aromatic carbocycles. The number of rotatable bonds is 13. The SMILES string of the molecule is O=C(CCC/C=C/C1CCOCC1)N[C@@H](Cc1cccc(OCc2ccccc2)c1)CN1CC[C@@H](F)C1. The first-order chi connectivity index (χ1) is 18.1. The second-order valence-corrected chi connectivity index (χ2v) is 10.3. The normalized spacial score (nSPS) is 19.8. The first-order valence-corrected chi connectivity index (χ1v) is 13.8. The average Bonchev–Trinajstić information content (AvgIpc) is 3.33. The maximum Gasteiger partial charge on any atom is 0.220 e. The van der Waals surface area contributed by atoms with E-state index in [1.165, 1.54) is 0 Å². The Morgan fingerprint density at radius 2 is 1.92 bits per heavy atom. The van der Waals surface area contributed by atoms with Crippen molar-refractivity contribution in [2.24, 2.45) is 5.92 Å². The van der Waals surface area contributed by atoms with Gasteiger partial charge in [0.2, 0.25) is 5.91 Å². The fourth-order valence-corrected chi connectivity index (χ4v) is 5.09. The molecule has 37 heavy (non-hydrogen) atoms. The summed E-state index contributed by atoms with van der Waals surface area (Å²) in [5.74, 6) is 1.49. The molecule has 0 unspecified atom stereocenters. The fraction of sp³-hybridized carbons (Fsp3) is 0.516. The van der Waals surface area contributed by atoms with Crippen molar-refractivity contribution in [3.63, 3.8) is 0 Å². The van der Waals surface area contributed by atoms with E-state index in [0.29, 0.717) is 44.9 Å². The minimum absolute atomic E-state index is 0.0666. The van der Waals surface area contributed by atoms with E-state index in [0.717, 1.165) is 62.3 Å². The largest absolute Gasteiger partial charge is 0.489 e. The van der Waals surface area contributed by atoms with E-state index in [4.69, 9.17) is 9.47 Å². The highest BCUT2D eigenvalue weighted by atomic mass is 19.1. The summed E-state index contributed by atoms with van der Waals surface area (Å²) in [5.41, 5.74) is 2.22. The van der Waals surface area contributed by atoms with Crippen molar-refractivity contribution < 1.29 is 18.7 Å². The lowest BCUT2D eigenvalue weighted by atomic mass is 9.99. The summed E-state index contributed by atoms with van der Waals surface area (Å²) in [6.45, 7) is 4.06. The molecule has 1 amide bonds. The molecule has 2 aromatic rings. The zero-order valence-electron chi connectivity index (χ0n) is 21.8. The van der Waals surface area contributed by atoms with Gasteiger partial charge in [-0.1, -0.05) is 54.6 Å². The number of nitrogens with one attached hydrogen (secondary N) is 1. The van der Waals surface area contributed by atoms with Crippen molar-refractivity contribution in [1.29, 1.82) is 0 Å². The maximum atomic E-state index is 13.8. The van der Waals surface area contributed by atoms with Crippen molar-refractivity contribution in [3.8, 4) is 5.75 Å². The number of hydrogen-bond donors (Lipinski definition) is 1. The summed E-state index contributed by atoms with van der Waals surface area (Å²) in [7, 11) is 0. The average molecular weight is 509 g/mol. The van der Waals surface area contributed by atoms with Crippen LogP contribution in [-0.2, 0) is 22.6 Å². The molecule has 2 atom stereocenters. The number of allylic oxidation sites excluding steroid dienone is 2. The Morgan fingerprint density at radius 3 is 2.70 bits per heavy atom. The van der Waals surface area contributed by atoms with E-state index in [-0.39, 0.29) is 11.9 Å². The second kappa shape index (κ2) is 14.9. The molecule has 2 fully saturated rings. The molecule has 0 aliphatic carbocycles. The summed E-state index contributed by atoms with van der Waals surface area (Å²) >= 11 is 0. The number of halogens is 1. The van der Waals surface area contributed by atoms with Gasteiger partial charge >= 0.3 is 0 Å². The van der Waals surface area contributed by atoms with Crippen LogP contribution in [0.1, 0.15) is 49.7 Å². The van der Waals surface area contributed by atoms with E-state index >= 15 is 0 Å². The van der Waals surface area contributed by atoms with Crippen LogP contribution in [0, 0.1) is 5.92 Å². The number of amides is 1. The topological polar surface area (TPSA) is 50.8 Å². The van der Waals surface area contributed by atoms with Gasteiger partial charge in [-0.15, -0.1) is 0 Å². The molecule has 0 bridgehead atoms. The van der Waals surface area contributed by atoms with Crippen LogP contribution in [0.2, 0.25) is 0 Å². The van der Waals surface area contributed by atoms with Crippen molar-refractivity contribution in [3.05, 3.63) is 77.9 Å². The lowest BCUT2D eigenvalue weighted by Gasteiger charge is -2.25. The van der Waals surface area contributed by atoms with Gasteiger partial charge in [-0.3, -0.25) is 9.69 Å². The monoisotopic (exact) mass is 508 g/mol. The lowest BCUT2D eigenvalue weighted by Crippen LogP contribution is -2.44. The van der Waals surface area contributed by atoms with Gasteiger partial charge in [-0.2, -0.15) is 0 Å². The predicted molar refractivity (Wildman–Crippen MR) is 145 cm³/mol. The van der Waals surface area contributed by atoms with Gasteiger partial charge in [-0.25, -0.2) is 4.39 Å². The molecule has 5 nitrogen and oxygen atoms in total. The third-order valence-corrected chi connectivity index (χ3v) is 7.14. The van der Waals surface area contributed by atoms with Crippen LogP contribution >= 0.6 is 0 Å². The highest BCUT2D eigenvalue weighted by Crippen LogP contribution is 2.19. The fourth-order valence-electron chi connectivity index (χ4n) is 5.09. The van der Waals surface area contributed by atoms with Gasteiger partial charge in [0, 0.05) is 45.3 Å². The van der Waals surface area contributed by atoms with Crippen LogP contribution in [0.4, 0.5) is 4.39 Å². The number of nitrogens with zero attached hydrogens (tertiary/aromatic N) is 1. The Bertz CT molecular complexity index is 977. The molecule has 2 aliphatic rings. The van der Waals surface area contributed by atoms with Crippen LogP contribution in [0.3, 0.4) is 0 Å². The zero-order valence-corrected chi connectivity index (χ0v) is 21.8. The van der Waals surface area contributed by atoms with Crippen molar-refractivity contribution >= 4 is 5.91 Å². The van der Waals surface area contributed by atoms with E-state index < -0.39 is 6.17 Å². The number of likely N-dealkylation sites (tertiary alicyclic amines) is 1. The van der Waals surface area contributed by atoms with Crippen LogP contribution < -0.4 is 10.1 Å². The van der Waals surface area contributed by atoms with Crippen LogP contribution in [-0.4, -0.2) is 55.9 Å². The molecule has 6 heteroatoms. The van der Waals surface area contributed by atoms with E-state index in [1.807, 2.05) is 48.5 Å². The standard InChI is InChI=1S/C31H41FN2O3/c32-28-14-17-34(22-28)23-29(33-31(35)13-6-2-3-8-25-15-18-36-19-16-25)20-27-11-7-12-30(21-27)37-24-26-9-4-1-5-10-26/h1,3-5,7-12,21,25,28-29H,2,6,13-20,22-24H2,(H,33,35)/b8-3+/t28-,29+/m1/s1. The molecule has 2 heterocycles. The van der Waals surface area contributed by atoms with Crippen molar-refractivity contribution in [2.45, 2.75) is 63.8 Å². The van der Waals surface area contributed by atoms with E-state index in [2.05, 4.69) is 28.4 Å². The Morgan fingerprint density at radius 1 is 1.11 bits per heavy atom. The third-order valence-electron chi connectivity index (χ3n) is 7.14. The highest BCUT2D eigenvalue weighted by Gasteiger charge is 2.25. The first kappa shape index (κ1) is 27.3. The Hall–Kier alpha value is -2.70. The molecular weight excluding hydrogens is 467 g/mol. The van der Waals surface area contributed by atoms with E-state index in [1.54, 1.807) is 0 Å². The first-order valence-electron chi connectivity index (χ1n) is 13.8. The number of benzene rings is 2. The molecule has 0 spiro atoms. The van der Waals surface area contributed by atoms with Crippen molar-refractivity contribution in [2.75, 3.05) is 32.8 Å². The molecule has 200 valence electrons. The number of alkyl halides is 1. The van der Waals surface area contributed by atoms with Gasteiger partial charge in [0.05, 0.1) is 0 Å². The van der Waals surface area contributed by atoms with Gasteiger partial charge < -0.3 is 14.8 Å². The smallest absolute Gasteiger partial charge is 0.220 e. The summed E-state index contributed by atoms with van der Waals surface area (Å²) in [4.78, 5) is 14.9. The minimum atomic E-state index is -0.770. The molecule has 0 aromatic heterocycles. The van der Waals surface area contributed by atoms with Gasteiger partial charge in [0.25, 0.3) is 0 Å². The van der Waals surface area contributed by atoms with Crippen LogP contribution in [0.5, 0.6) is 5.75 Å². The molecule has 0 saturated carbocycles. The van der Waals surface area contributed by atoms with Gasteiger partial charge in [-0.05, 0) is 67.7 Å². The second-order valence-electron chi connectivity index (χ2n) is 10.3. The Labute approximate surface area is 221 Å². The summed E-state index contributed by atoms with van der Waals surface area (Å²) < 4.78 is 25.2. The van der Waals surface area contributed by atoms with Gasteiger partial charge in [0.15, 0.2) is 0 Å². The van der Waals surface area contributed by atoms with Gasteiger partial charge in [0.1, 0.15) is 18.5 Å². The van der Waals surface area contributed by atoms with Crippen LogP contribution in [0.25, 0.3) is 0 Å². The molecule has 0 radical (unpaired) electrons. The Kier molecular flexibility index (Phi) is 11.0. The van der Waals surface area contributed by atoms with E-state index in [9.17, 15) is 9.18 Å². The molecule has 4 rings (SSSR count). The number of carbonyl (C=O) groups excluding carboxylic acids is 1. The Balaban J connectivity index is 1.27. The number of unbranched alkanes of at least 4 members (excludes halogenated alkanes) is 1. The number of hydrogen-bond acceptors (Lipinski definition) is 4. The predicted octanol–water partition coefficient (Wildman–Crippen LogP) is 5.49. The molecule has 2 aliphatic heterocycles. The third kappa shape index (κ3) is 9.94. The lowest BCUT2D eigenvalue weighted by molar-refractivity contribution is -0.122. The summed E-state index contributed by atoms with van der Waals surface area (Å²) in [6, 6.07) is 18.1. The van der Waals surface area contributed by atoms with Crippen LogP contribution in [0.15, 0.2) is 66.7 Å². The summed E-state index contributed by atoms with van der Waals surface area (Å²) in [6.07, 6.45) is 9.41. The summed E-state index contributed by atoms with van der Waals surface area (Å²) in [5, 5.41) is 3.24.